The predicted octanol–water partition coefficient (Wildman–Crippen LogP) is 3.82. The molecule has 0 aliphatic carbocycles. The van der Waals surface area contributed by atoms with Gasteiger partial charge in [-0.15, -0.1) is 0 Å². The van der Waals surface area contributed by atoms with Crippen LogP contribution in [0.4, 0.5) is 5.69 Å². The third-order valence-corrected chi connectivity index (χ3v) is 4.53. The Kier molecular flexibility index (Phi) is 4.45. The molecule has 112 valence electrons. The first-order valence-electron chi connectivity index (χ1n) is 7.66. The Labute approximate surface area is 134 Å². The summed E-state index contributed by atoms with van der Waals surface area (Å²) in [6, 6.07) is 9.16. The van der Waals surface area contributed by atoms with Crippen LogP contribution in [0.15, 0.2) is 34.9 Å². The molecule has 1 fully saturated rings. The number of pyridine rings is 1. The molecule has 21 heavy (non-hydrogen) atoms. The minimum atomic E-state index is 0.565. The van der Waals surface area contributed by atoms with Crippen molar-refractivity contribution in [1.82, 2.24) is 10.3 Å². The van der Waals surface area contributed by atoms with E-state index in [0.29, 0.717) is 6.04 Å². The van der Waals surface area contributed by atoms with Gasteiger partial charge in [0.25, 0.3) is 0 Å². The molecule has 1 N–H and O–H groups in total. The maximum Gasteiger partial charge on any atom is 0.0936 e. The first-order chi connectivity index (χ1) is 10.1. The van der Waals surface area contributed by atoms with Crippen LogP contribution in [0.3, 0.4) is 0 Å². The predicted molar refractivity (Wildman–Crippen MR) is 92.9 cm³/mol. The van der Waals surface area contributed by atoms with Crippen molar-refractivity contribution in [3.63, 3.8) is 0 Å². The summed E-state index contributed by atoms with van der Waals surface area (Å²) >= 11 is 3.50. The van der Waals surface area contributed by atoms with Crippen LogP contribution in [0.5, 0.6) is 0 Å². The largest absolute Gasteiger partial charge is 0.369 e. The Bertz CT molecular complexity index is 626. The summed E-state index contributed by atoms with van der Waals surface area (Å²) in [7, 11) is 0. The van der Waals surface area contributed by atoms with Crippen molar-refractivity contribution in [1.29, 1.82) is 0 Å². The molecule has 1 aromatic heterocycles. The van der Waals surface area contributed by atoms with E-state index < -0.39 is 0 Å². The lowest BCUT2D eigenvalue weighted by Crippen LogP contribution is -2.30. The maximum atomic E-state index is 4.62. The molecule has 2 heterocycles. The van der Waals surface area contributed by atoms with Crippen LogP contribution < -0.4 is 10.2 Å². The molecule has 0 bridgehead atoms. The number of halogens is 1. The summed E-state index contributed by atoms with van der Waals surface area (Å²) in [5.41, 5.74) is 2.38. The number of para-hydroxylation sites is 1. The zero-order valence-corrected chi connectivity index (χ0v) is 14.2. The highest BCUT2D eigenvalue weighted by molar-refractivity contribution is 9.10. The molecule has 1 aromatic carbocycles. The lowest BCUT2D eigenvalue weighted by atomic mass is 10.1. The van der Waals surface area contributed by atoms with Crippen LogP contribution >= 0.6 is 15.9 Å². The van der Waals surface area contributed by atoms with Crippen molar-refractivity contribution in [2.45, 2.75) is 26.3 Å². The van der Waals surface area contributed by atoms with Gasteiger partial charge in [0.2, 0.25) is 0 Å². The monoisotopic (exact) mass is 347 g/mol. The molecule has 1 atom stereocenters. The van der Waals surface area contributed by atoms with Gasteiger partial charge in [-0.05, 0) is 46.9 Å². The van der Waals surface area contributed by atoms with E-state index in [-0.39, 0.29) is 0 Å². The van der Waals surface area contributed by atoms with E-state index >= 15 is 0 Å². The van der Waals surface area contributed by atoms with Gasteiger partial charge >= 0.3 is 0 Å². The van der Waals surface area contributed by atoms with Gasteiger partial charge in [-0.3, -0.25) is 4.98 Å². The van der Waals surface area contributed by atoms with Gasteiger partial charge in [0, 0.05) is 35.2 Å². The Balaban J connectivity index is 1.79. The Morgan fingerprint density at radius 3 is 3.10 bits per heavy atom. The average molecular weight is 348 g/mol. The van der Waals surface area contributed by atoms with Gasteiger partial charge in [0.15, 0.2) is 0 Å². The van der Waals surface area contributed by atoms with E-state index in [2.05, 4.69) is 69.2 Å². The van der Waals surface area contributed by atoms with Gasteiger partial charge in [0.1, 0.15) is 0 Å². The minimum absolute atomic E-state index is 0.565. The van der Waals surface area contributed by atoms with Crippen LogP contribution in [0.1, 0.15) is 20.3 Å². The number of rotatable bonds is 4. The first kappa shape index (κ1) is 14.8. The first-order valence-corrected chi connectivity index (χ1v) is 8.45. The van der Waals surface area contributed by atoms with Crippen LogP contribution in [-0.4, -0.2) is 30.7 Å². The summed E-state index contributed by atoms with van der Waals surface area (Å²) in [6.45, 7) is 7.77. The van der Waals surface area contributed by atoms with E-state index in [1.54, 1.807) is 0 Å². The molecule has 1 aliphatic rings. The number of hydrogen-bond donors (Lipinski definition) is 1. The Hall–Kier alpha value is -1.13. The number of benzene rings is 1. The van der Waals surface area contributed by atoms with E-state index in [4.69, 9.17) is 0 Å². The molecule has 3 rings (SSSR count). The maximum absolute atomic E-state index is 4.62. The van der Waals surface area contributed by atoms with Crippen molar-refractivity contribution in [3.05, 3.63) is 34.9 Å². The number of aromatic nitrogens is 1. The molecule has 3 nitrogen and oxygen atoms in total. The van der Waals surface area contributed by atoms with Crippen molar-refractivity contribution in [3.8, 4) is 0 Å². The lowest BCUT2D eigenvalue weighted by Gasteiger charge is -2.20. The van der Waals surface area contributed by atoms with Crippen LogP contribution in [0, 0.1) is 5.92 Å². The number of hydrogen-bond acceptors (Lipinski definition) is 3. The molecule has 0 amide bonds. The van der Waals surface area contributed by atoms with Crippen molar-refractivity contribution in [2.24, 2.45) is 5.92 Å². The fraction of sp³-hybridized carbons (Fsp3) is 0.471. The molecule has 1 unspecified atom stereocenters. The standard InChI is InChI=1S/C17H22BrN3/c1-12(2)19-9-13-6-7-21(11-13)16-5-3-4-14-8-15(18)10-20-17(14)16/h3-5,8,10,12-13,19H,6-7,9,11H2,1-2H3. The van der Waals surface area contributed by atoms with Crippen LogP contribution in [-0.2, 0) is 0 Å². The highest BCUT2D eigenvalue weighted by Gasteiger charge is 2.24. The zero-order chi connectivity index (χ0) is 14.8. The normalized spacial score (nSPS) is 18.9. The Morgan fingerprint density at radius 1 is 1.43 bits per heavy atom. The number of fused-ring (bicyclic) bond motifs is 1. The van der Waals surface area contributed by atoms with Crippen molar-refractivity contribution in [2.75, 3.05) is 24.5 Å². The van der Waals surface area contributed by atoms with Gasteiger partial charge in [0.05, 0.1) is 11.2 Å². The van der Waals surface area contributed by atoms with E-state index in [9.17, 15) is 0 Å². The molecule has 2 aromatic rings. The van der Waals surface area contributed by atoms with Gasteiger partial charge < -0.3 is 10.2 Å². The number of nitrogens with one attached hydrogen (secondary N) is 1. The molecule has 1 saturated heterocycles. The average Bonchev–Trinajstić information content (AvgIpc) is 2.93. The van der Waals surface area contributed by atoms with Gasteiger partial charge in [-0.2, -0.15) is 0 Å². The second-order valence-electron chi connectivity index (χ2n) is 6.17. The third-order valence-electron chi connectivity index (χ3n) is 4.10. The van der Waals surface area contributed by atoms with Crippen LogP contribution in [0.2, 0.25) is 0 Å². The molecule has 0 spiro atoms. The number of nitrogens with zero attached hydrogens (tertiary/aromatic N) is 2. The summed E-state index contributed by atoms with van der Waals surface area (Å²) in [4.78, 5) is 7.10. The van der Waals surface area contributed by atoms with E-state index in [1.807, 2.05) is 6.20 Å². The summed E-state index contributed by atoms with van der Waals surface area (Å²) < 4.78 is 1.03. The SMILES string of the molecule is CC(C)NCC1CCN(c2cccc3cc(Br)cnc23)C1. The smallest absolute Gasteiger partial charge is 0.0936 e. The highest BCUT2D eigenvalue weighted by Crippen LogP contribution is 2.30. The number of anilines is 1. The van der Waals surface area contributed by atoms with Crippen molar-refractivity contribution < 1.29 is 0 Å². The molecule has 1 aliphatic heterocycles. The lowest BCUT2D eigenvalue weighted by molar-refractivity contribution is 0.480. The quantitative estimate of drug-likeness (QED) is 0.910. The zero-order valence-electron chi connectivity index (χ0n) is 12.6. The second-order valence-corrected chi connectivity index (χ2v) is 7.08. The minimum Gasteiger partial charge on any atom is -0.369 e. The molecular weight excluding hydrogens is 326 g/mol. The fourth-order valence-corrected chi connectivity index (χ4v) is 3.34. The third kappa shape index (κ3) is 3.38. The Morgan fingerprint density at radius 2 is 2.29 bits per heavy atom. The molecule has 0 radical (unpaired) electrons. The summed E-state index contributed by atoms with van der Waals surface area (Å²) in [5.74, 6) is 0.734. The van der Waals surface area contributed by atoms with E-state index in [0.717, 1.165) is 35.5 Å². The fourth-order valence-electron chi connectivity index (χ4n) is 2.99. The van der Waals surface area contributed by atoms with Gasteiger partial charge in [-0.1, -0.05) is 26.0 Å². The van der Waals surface area contributed by atoms with Gasteiger partial charge in [-0.25, -0.2) is 0 Å². The van der Waals surface area contributed by atoms with Crippen molar-refractivity contribution >= 4 is 32.5 Å². The molecular formula is C17H22BrN3. The topological polar surface area (TPSA) is 28.2 Å². The highest BCUT2D eigenvalue weighted by atomic mass is 79.9. The van der Waals surface area contributed by atoms with Crippen LogP contribution in [0.25, 0.3) is 10.9 Å². The second kappa shape index (κ2) is 6.32. The summed E-state index contributed by atoms with van der Waals surface area (Å²) in [6.07, 6.45) is 3.15. The summed E-state index contributed by atoms with van der Waals surface area (Å²) in [5, 5.41) is 4.76. The van der Waals surface area contributed by atoms with E-state index in [1.165, 1.54) is 17.5 Å². The molecule has 4 heteroatoms. The molecule has 0 saturated carbocycles.